The molecule has 1 unspecified atom stereocenters. The average molecular weight is 375 g/mol. The van der Waals surface area contributed by atoms with Crippen LogP contribution >= 0.6 is 0 Å². The van der Waals surface area contributed by atoms with Crippen molar-refractivity contribution >= 4 is 14.9 Å². The maximum Gasteiger partial charge on any atom is 0.238 e. The summed E-state index contributed by atoms with van der Waals surface area (Å²) < 4.78 is 23.0. The van der Waals surface area contributed by atoms with Crippen LogP contribution in [-0.2, 0) is 15.8 Å². The molecule has 1 aliphatic heterocycles. The fraction of sp³-hybridized carbons (Fsp3) is 0.368. The topological polar surface area (TPSA) is 86.5 Å². The number of nitrogens with zero attached hydrogens (tertiary/aromatic N) is 3. The van der Waals surface area contributed by atoms with Crippen LogP contribution in [0.15, 0.2) is 41.8 Å². The van der Waals surface area contributed by atoms with Crippen LogP contribution in [0.2, 0.25) is 0 Å². The molecule has 0 radical (unpaired) electrons. The molecule has 1 aromatic carbocycles. The number of hydrogen-bond donors (Lipinski definition) is 2. The van der Waals surface area contributed by atoms with Crippen LogP contribution in [0.4, 0.5) is 0 Å². The summed E-state index contributed by atoms with van der Waals surface area (Å²) >= 11 is 0. The normalized spacial score (nSPS) is 18.7. The molecular weight excluding hydrogens is 350 g/mol. The second kappa shape index (κ2) is 6.26. The molecule has 0 amide bonds. The zero-order valence-electron chi connectivity index (χ0n) is 15.5. The van der Waals surface area contributed by atoms with Crippen molar-refractivity contribution in [2.75, 3.05) is 19.6 Å². The lowest BCUT2D eigenvalue weighted by Crippen LogP contribution is -2.32. The average Bonchev–Trinajstić information content (AvgIpc) is 2.57. The Morgan fingerprint density at radius 2 is 1.96 bits per heavy atom. The quantitative estimate of drug-likeness (QED) is 0.799. The molecule has 7 heteroatoms. The van der Waals surface area contributed by atoms with Gasteiger partial charge in [-0.05, 0) is 17.5 Å². The van der Waals surface area contributed by atoms with Crippen molar-refractivity contribution in [2.24, 2.45) is 0 Å². The number of aliphatic hydroxyl groups is 1. The zero-order chi connectivity index (χ0) is 19.1. The first-order valence-electron chi connectivity index (χ1n) is 8.52. The van der Waals surface area contributed by atoms with E-state index in [9.17, 15) is 13.9 Å². The molecule has 3 rings (SSSR count). The summed E-state index contributed by atoms with van der Waals surface area (Å²) in [5, 5.41) is 10.4. The van der Waals surface area contributed by atoms with E-state index < -0.39 is 15.6 Å². The van der Waals surface area contributed by atoms with Crippen molar-refractivity contribution in [3.8, 4) is 0 Å². The predicted molar refractivity (Wildman–Crippen MR) is 103 cm³/mol. The van der Waals surface area contributed by atoms with Gasteiger partial charge in [-0.1, -0.05) is 37.6 Å². The Morgan fingerprint density at radius 3 is 2.62 bits per heavy atom. The summed E-state index contributed by atoms with van der Waals surface area (Å²) in [5.74, 6) is 0. The Hall–Kier alpha value is -2.09. The summed E-state index contributed by atoms with van der Waals surface area (Å²) in [6, 6.07) is 7.60. The third-order valence-corrected chi connectivity index (χ3v) is 5.63. The van der Waals surface area contributed by atoms with E-state index in [1.165, 1.54) is 12.5 Å². The van der Waals surface area contributed by atoms with Gasteiger partial charge in [0.2, 0.25) is 5.16 Å². The third-order valence-electron chi connectivity index (χ3n) is 4.39. The van der Waals surface area contributed by atoms with Crippen molar-refractivity contribution in [1.29, 1.82) is 0 Å². The van der Waals surface area contributed by atoms with Crippen molar-refractivity contribution in [3.05, 3.63) is 59.0 Å². The maximum atomic E-state index is 12.6. The van der Waals surface area contributed by atoms with Gasteiger partial charge in [0.15, 0.2) is 6.23 Å². The summed E-state index contributed by atoms with van der Waals surface area (Å²) in [7, 11) is -2.28. The Bertz CT molecular complexity index is 938. The molecule has 1 atom stereocenters. The van der Waals surface area contributed by atoms with E-state index in [4.69, 9.17) is 0 Å². The molecule has 2 N–H and O–H groups in total. The summed E-state index contributed by atoms with van der Waals surface area (Å²) in [5.41, 5.74) is 4.02. The maximum absolute atomic E-state index is 12.6. The SMILES string of the molecule is CCCc1cnc(S(C)(C)(=O)O)nc1C1=CN(C)C(O)c2ccccc21. The molecule has 26 heavy (non-hydrogen) atoms. The first kappa shape index (κ1) is 18.7. The minimum absolute atomic E-state index is 0.0657. The molecule has 0 saturated heterocycles. The van der Waals surface area contributed by atoms with Gasteiger partial charge in [0, 0.05) is 43.1 Å². The molecule has 0 spiro atoms. The standard InChI is InChI=1S/C19H25N3O3S/c1-5-8-13-11-20-19(26(3,4,24)25)21-17(13)16-12-22(2)18(23)15-10-7-6-9-14(15)16/h6-7,9-12,18,23H,5,8H2,1-4H3,(H,24,25). The fourth-order valence-electron chi connectivity index (χ4n) is 3.08. The second-order valence-corrected chi connectivity index (χ2v) is 11.1. The van der Waals surface area contributed by atoms with Crippen LogP contribution in [0.3, 0.4) is 0 Å². The Morgan fingerprint density at radius 1 is 1.27 bits per heavy atom. The van der Waals surface area contributed by atoms with Crippen LogP contribution in [-0.4, -0.2) is 48.3 Å². The van der Waals surface area contributed by atoms with E-state index in [1.54, 1.807) is 18.1 Å². The molecule has 140 valence electrons. The van der Waals surface area contributed by atoms with Crippen molar-refractivity contribution < 1.29 is 13.9 Å². The Kier molecular flexibility index (Phi) is 4.50. The van der Waals surface area contributed by atoms with Gasteiger partial charge < -0.3 is 10.0 Å². The highest BCUT2D eigenvalue weighted by Crippen LogP contribution is 2.37. The van der Waals surface area contributed by atoms with Crippen LogP contribution in [0.5, 0.6) is 0 Å². The highest BCUT2D eigenvalue weighted by atomic mass is 32.3. The molecule has 0 fully saturated rings. The molecule has 2 aromatic rings. The van der Waals surface area contributed by atoms with Crippen LogP contribution in [0.1, 0.15) is 42.0 Å². The molecule has 6 nitrogen and oxygen atoms in total. The molecule has 0 bridgehead atoms. The molecule has 0 aliphatic carbocycles. The number of fused-ring (bicyclic) bond motifs is 1. The molecule has 1 aliphatic rings. The van der Waals surface area contributed by atoms with Crippen LogP contribution in [0.25, 0.3) is 5.57 Å². The van der Waals surface area contributed by atoms with Gasteiger partial charge in [0.05, 0.1) is 5.69 Å². The van der Waals surface area contributed by atoms with Gasteiger partial charge in [-0.2, -0.15) is 0 Å². The van der Waals surface area contributed by atoms with Gasteiger partial charge in [0.25, 0.3) is 0 Å². The molecule has 2 heterocycles. The molecule has 1 aromatic heterocycles. The summed E-state index contributed by atoms with van der Waals surface area (Å²) in [4.78, 5) is 10.4. The second-order valence-electron chi connectivity index (χ2n) is 7.21. The minimum atomic E-state index is -4.07. The first-order chi connectivity index (χ1) is 12.1. The zero-order valence-corrected chi connectivity index (χ0v) is 16.3. The lowest BCUT2D eigenvalue weighted by atomic mass is 9.91. The fourth-order valence-corrected chi connectivity index (χ4v) is 3.78. The number of benzene rings is 1. The van der Waals surface area contributed by atoms with Crippen LogP contribution in [0, 0.1) is 0 Å². The largest absolute Gasteiger partial charge is 0.369 e. The predicted octanol–water partition coefficient (Wildman–Crippen LogP) is 2.67. The van der Waals surface area contributed by atoms with Crippen LogP contribution < -0.4 is 0 Å². The van der Waals surface area contributed by atoms with Gasteiger partial charge in [0.1, 0.15) is 0 Å². The van der Waals surface area contributed by atoms with E-state index in [1.807, 2.05) is 30.5 Å². The lowest BCUT2D eigenvalue weighted by molar-refractivity contribution is 0.0521. The van der Waals surface area contributed by atoms with E-state index >= 15 is 0 Å². The highest BCUT2D eigenvalue weighted by Gasteiger charge is 2.28. The summed E-state index contributed by atoms with van der Waals surface area (Å²) in [6.07, 6.45) is 6.92. The number of rotatable bonds is 4. The summed E-state index contributed by atoms with van der Waals surface area (Å²) in [6.45, 7) is 2.06. The van der Waals surface area contributed by atoms with Gasteiger partial charge in [-0.25, -0.2) is 14.2 Å². The third kappa shape index (κ3) is 3.42. The van der Waals surface area contributed by atoms with Gasteiger partial charge in [-0.15, -0.1) is 9.35 Å². The van der Waals surface area contributed by atoms with Gasteiger partial charge in [-0.3, -0.25) is 4.55 Å². The van der Waals surface area contributed by atoms with E-state index in [0.717, 1.165) is 35.1 Å². The van der Waals surface area contributed by atoms with E-state index in [2.05, 4.69) is 16.9 Å². The number of hydrogen-bond acceptors (Lipinski definition) is 5. The van der Waals surface area contributed by atoms with E-state index in [0.29, 0.717) is 5.69 Å². The van der Waals surface area contributed by atoms with Crippen molar-refractivity contribution in [3.63, 3.8) is 0 Å². The number of aliphatic hydroxyl groups excluding tert-OH is 1. The smallest absolute Gasteiger partial charge is 0.238 e. The highest BCUT2D eigenvalue weighted by molar-refractivity contribution is 8.13. The van der Waals surface area contributed by atoms with Gasteiger partial charge >= 0.3 is 0 Å². The minimum Gasteiger partial charge on any atom is -0.369 e. The number of aryl methyl sites for hydroxylation is 1. The lowest BCUT2D eigenvalue weighted by Gasteiger charge is -2.33. The van der Waals surface area contributed by atoms with E-state index in [-0.39, 0.29) is 5.16 Å². The van der Waals surface area contributed by atoms with Crippen molar-refractivity contribution in [2.45, 2.75) is 31.1 Å². The Balaban J connectivity index is 2.26. The Labute approximate surface area is 153 Å². The molecule has 0 saturated carbocycles. The first-order valence-corrected chi connectivity index (χ1v) is 11.3. The number of aromatic nitrogens is 2. The molecular formula is C19H25N3O3S. The monoisotopic (exact) mass is 375 g/mol. The van der Waals surface area contributed by atoms with Crippen molar-refractivity contribution in [1.82, 2.24) is 14.9 Å².